The smallest absolute Gasteiger partial charge is 0.336 e. The molecular weight excluding hydrogens is 276 g/mol. The minimum Gasteiger partial charge on any atom is -0.336 e. The molecule has 0 N–H and O–H groups in total. The molecule has 0 radical (unpaired) electrons. The maximum atomic E-state index is 12.8. The SMILES string of the molecule is CN(Cc1cccc(F)c1)C(=O)C(F)(F)C(F)(F)F. The number of carbonyl (C=O) groups excluding carboxylic acids is 1. The zero-order valence-corrected chi connectivity index (χ0v) is 9.64. The molecule has 0 bridgehead atoms. The Hall–Kier alpha value is -1.73. The molecule has 0 saturated heterocycles. The first-order chi connectivity index (χ1) is 8.55. The van der Waals surface area contributed by atoms with Crippen LogP contribution in [0.5, 0.6) is 0 Å². The van der Waals surface area contributed by atoms with Crippen LogP contribution in [0.2, 0.25) is 0 Å². The normalized spacial score (nSPS) is 12.4. The molecule has 0 spiro atoms. The first-order valence-corrected chi connectivity index (χ1v) is 5.00. The van der Waals surface area contributed by atoms with Gasteiger partial charge in [-0.25, -0.2) is 4.39 Å². The molecular formula is C11H9F6NO. The molecule has 0 aliphatic rings. The van der Waals surface area contributed by atoms with E-state index in [4.69, 9.17) is 0 Å². The third kappa shape index (κ3) is 3.39. The number of halogens is 6. The summed E-state index contributed by atoms with van der Waals surface area (Å²) >= 11 is 0. The molecule has 1 aromatic rings. The number of nitrogens with zero attached hydrogens (tertiary/aromatic N) is 1. The van der Waals surface area contributed by atoms with Gasteiger partial charge in [0.05, 0.1) is 0 Å². The van der Waals surface area contributed by atoms with Crippen LogP contribution in [-0.4, -0.2) is 30.0 Å². The molecule has 0 heterocycles. The summed E-state index contributed by atoms with van der Waals surface area (Å²) in [5.41, 5.74) is 0.105. The highest BCUT2D eigenvalue weighted by Crippen LogP contribution is 2.36. The van der Waals surface area contributed by atoms with Gasteiger partial charge < -0.3 is 4.90 Å². The van der Waals surface area contributed by atoms with Gasteiger partial charge in [0.2, 0.25) is 0 Å². The van der Waals surface area contributed by atoms with Crippen LogP contribution in [-0.2, 0) is 11.3 Å². The van der Waals surface area contributed by atoms with Gasteiger partial charge in [0.15, 0.2) is 0 Å². The second kappa shape index (κ2) is 5.10. The molecule has 0 aliphatic carbocycles. The Kier molecular flexibility index (Phi) is 4.12. The lowest BCUT2D eigenvalue weighted by Gasteiger charge is -2.24. The Morgan fingerprint density at radius 1 is 1.21 bits per heavy atom. The van der Waals surface area contributed by atoms with Gasteiger partial charge in [-0.15, -0.1) is 0 Å². The van der Waals surface area contributed by atoms with Gasteiger partial charge >= 0.3 is 18.0 Å². The van der Waals surface area contributed by atoms with Crippen LogP contribution in [0.1, 0.15) is 5.56 Å². The summed E-state index contributed by atoms with van der Waals surface area (Å²) in [6, 6.07) is 4.58. The van der Waals surface area contributed by atoms with Crippen molar-refractivity contribution in [3.05, 3.63) is 35.6 Å². The zero-order chi connectivity index (χ0) is 14.8. The van der Waals surface area contributed by atoms with Gasteiger partial charge in [-0.05, 0) is 17.7 Å². The highest BCUT2D eigenvalue weighted by Gasteiger charge is 2.64. The molecule has 106 valence electrons. The molecule has 0 atom stereocenters. The standard InChI is InChI=1S/C11H9F6NO/c1-18(6-7-3-2-4-8(12)5-7)9(19)10(13,14)11(15,16)17/h2-5H,6H2,1H3. The number of rotatable bonds is 3. The summed E-state index contributed by atoms with van der Waals surface area (Å²) < 4.78 is 74.3. The van der Waals surface area contributed by atoms with Crippen LogP contribution in [0.4, 0.5) is 26.3 Å². The zero-order valence-electron chi connectivity index (χ0n) is 9.64. The van der Waals surface area contributed by atoms with E-state index < -0.39 is 30.4 Å². The van der Waals surface area contributed by atoms with Gasteiger partial charge in [0.25, 0.3) is 0 Å². The predicted molar refractivity (Wildman–Crippen MR) is 53.9 cm³/mol. The van der Waals surface area contributed by atoms with E-state index in [1.807, 2.05) is 0 Å². The fourth-order valence-corrected chi connectivity index (χ4v) is 1.34. The van der Waals surface area contributed by atoms with Crippen molar-refractivity contribution in [2.75, 3.05) is 7.05 Å². The second-order valence-corrected chi connectivity index (χ2v) is 3.86. The molecule has 19 heavy (non-hydrogen) atoms. The van der Waals surface area contributed by atoms with Crippen LogP contribution in [0.25, 0.3) is 0 Å². The summed E-state index contributed by atoms with van der Waals surface area (Å²) in [5.74, 6) is -8.53. The number of amides is 1. The Labute approximate surface area is 104 Å². The van der Waals surface area contributed by atoms with Crippen LogP contribution in [0.15, 0.2) is 24.3 Å². The van der Waals surface area contributed by atoms with Crippen LogP contribution in [0.3, 0.4) is 0 Å². The van der Waals surface area contributed by atoms with Gasteiger partial charge in [0.1, 0.15) is 5.82 Å². The number of alkyl halides is 5. The Bertz CT molecular complexity index is 470. The second-order valence-electron chi connectivity index (χ2n) is 3.86. The Morgan fingerprint density at radius 2 is 1.79 bits per heavy atom. The minimum atomic E-state index is -5.96. The number of hydrogen-bond acceptors (Lipinski definition) is 1. The average Bonchev–Trinajstić information content (AvgIpc) is 2.26. The first-order valence-electron chi connectivity index (χ1n) is 5.00. The third-order valence-corrected chi connectivity index (χ3v) is 2.28. The summed E-state index contributed by atoms with van der Waals surface area (Å²) in [5, 5.41) is 0. The van der Waals surface area contributed by atoms with Crippen LogP contribution >= 0.6 is 0 Å². The highest BCUT2D eigenvalue weighted by molar-refractivity contribution is 5.84. The van der Waals surface area contributed by atoms with Crippen LogP contribution in [0, 0.1) is 5.82 Å². The van der Waals surface area contributed by atoms with Crippen molar-refractivity contribution in [1.82, 2.24) is 4.90 Å². The molecule has 2 nitrogen and oxygen atoms in total. The fourth-order valence-electron chi connectivity index (χ4n) is 1.34. The first kappa shape index (κ1) is 15.3. The number of benzene rings is 1. The van der Waals surface area contributed by atoms with Gasteiger partial charge in [-0.2, -0.15) is 22.0 Å². The van der Waals surface area contributed by atoms with Crippen molar-refractivity contribution in [3.8, 4) is 0 Å². The predicted octanol–water partition coefficient (Wildman–Crippen LogP) is 2.98. The van der Waals surface area contributed by atoms with E-state index in [0.29, 0.717) is 0 Å². The van der Waals surface area contributed by atoms with Gasteiger partial charge in [-0.3, -0.25) is 4.79 Å². The molecule has 0 aromatic heterocycles. The van der Waals surface area contributed by atoms with E-state index in [1.54, 1.807) is 0 Å². The highest BCUT2D eigenvalue weighted by atomic mass is 19.4. The quantitative estimate of drug-likeness (QED) is 0.782. The van der Waals surface area contributed by atoms with E-state index in [2.05, 4.69) is 0 Å². The van der Waals surface area contributed by atoms with Gasteiger partial charge in [0, 0.05) is 13.6 Å². The molecule has 0 unspecified atom stereocenters. The molecule has 1 rings (SSSR count). The van der Waals surface area contributed by atoms with Gasteiger partial charge in [-0.1, -0.05) is 12.1 Å². The fraction of sp³-hybridized carbons (Fsp3) is 0.364. The third-order valence-electron chi connectivity index (χ3n) is 2.28. The van der Waals surface area contributed by atoms with E-state index in [9.17, 15) is 31.1 Å². The maximum absolute atomic E-state index is 12.8. The van der Waals surface area contributed by atoms with E-state index in [1.165, 1.54) is 12.1 Å². The molecule has 0 fully saturated rings. The number of carbonyl (C=O) groups is 1. The van der Waals surface area contributed by atoms with Crippen molar-refractivity contribution in [2.45, 2.75) is 18.6 Å². The largest absolute Gasteiger partial charge is 0.463 e. The Balaban J connectivity index is 2.84. The molecule has 0 saturated carbocycles. The van der Waals surface area contributed by atoms with Crippen molar-refractivity contribution in [1.29, 1.82) is 0 Å². The molecule has 1 aromatic carbocycles. The summed E-state index contributed by atoms with van der Waals surface area (Å²) in [6.45, 7) is -0.553. The van der Waals surface area contributed by atoms with E-state index in [-0.39, 0.29) is 10.5 Å². The summed E-state index contributed by atoms with van der Waals surface area (Å²) in [4.78, 5) is 11.3. The summed E-state index contributed by atoms with van der Waals surface area (Å²) in [6.07, 6.45) is -5.96. The minimum absolute atomic E-state index is 0.105. The van der Waals surface area contributed by atoms with Crippen molar-refractivity contribution in [3.63, 3.8) is 0 Å². The maximum Gasteiger partial charge on any atom is 0.463 e. The van der Waals surface area contributed by atoms with Crippen molar-refractivity contribution in [2.24, 2.45) is 0 Å². The monoisotopic (exact) mass is 285 g/mol. The molecule has 8 heteroatoms. The van der Waals surface area contributed by atoms with Crippen molar-refractivity contribution >= 4 is 5.91 Å². The van der Waals surface area contributed by atoms with Crippen molar-refractivity contribution < 1.29 is 31.1 Å². The van der Waals surface area contributed by atoms with E-state index in [0.717, 1.165) is 19.2 Å². The topological polar surface area (TPSA) is 20.3 Å². The van der Waals surface area contributed by atoms with Crippen LogP contribution < -0.4 is 0 Å². The molecule has 1 amide bonds. The lowest BCUT2D eigenvalue weighted by molar-refractivity contribution is -0.274. The lowest BCUT2D eigenvalue weighted by atomic mass is 10.2. The molecule has 0 aliphatic heterocycles. The average molecular weight is 285 g/mol. The summed E-state index contributed by atoms with van der Waals surface area (Å²) in [7, 11) is 0.785. The Morgan fingerprint density at radius 3 is 2.26 bits per heavy atom. The van der Waals surface area contributed by atoms with E-state index >= 15 is 0 Å². The lowest BCUT2D eigenvalue weighted by Crippen LogP contribution is -2.50. The number of hydrogen-bond donors (Lipinski definition) is 0.